The van der Waals surface area contributed by atoms with E-state index in [-0.39, 0.29) is 0 Å². The van der Waals surface area contributed by atoms with Gasteiger partial charge in [-0.15, -0.1) is 0 Å². The fourth-order valence-electron chi connectivity index (χ4n) is 3.17. The molecular weight excluding hydrogens is 334 g/mol. The molecule has 1 saturated heterocycles. The minimum Gasteiger partial charge on any atom is -0.497 e. The third-order valence-electron chi connectivity index (χ3n) is 4.55. The lowest BCUT2D eigenvalue weighted by molar-refractivity contribution is 0.397. The van der Waals surface area contributed by atoms with Gasteiger partial charge in [0, 0.05) is 37.9 Å². The molecular formula is C19H21N3O2S. The van der Waals surface area contributed by atoms with Gasteiger partial charge in [0.25, 0.3) is 0 Å². The van der Waals surface area contributed by atoms with E-state index in [0.29, 0.717) is 0 Å². The standard InChI is InChI=1S/C19H21N3O2S/c1-23-15-12-16(24-2)18-17(13-15)25-19(20-18)22-10-8-21(9-11-22)14-6-4-3-5-7-14/h3-7,12-13H,8-11H2,1-2H3. The van der Waals surface area contributed by atoms with Crippen LogP contribution < -0.4 is 19.3 Å². The van der Waals surface area contributed by atoms with Crippen molar-refractivity contribution < 1.29 is 9.47 Å². The van der Waals surface area contributed by atoms with Gasteiger partial charge in [0.15, 0.2) is 5.13 Å². The van der Waals surface area contributed by atoms with Crippen LogP contribution in [-0.2, 0) is 0 Å². The molecule has 2 heterocycles. The van der Waals surface area contributed by atoms with Crippen molar-refractivity contribution in [2.24, 2.45) is 0 Å². The molecule has 0 N–H and O–H groups in total. The summed E-state index contributed by atoms with van der Waals surface area (Å²) in [4.78, 5) is 9.61. The highest BCUT2D eigenvalue weighted by Gasteiger charge is 2.21. The van der Waals surface area contributed by atoms with E-state index in [0.717, 1.165) is 53.0 Å². The van der Waals surface area contributed by atoms with E-state index >= 15 is 0 Å². The van der Waals surface area contributed by atoms with Crippen LogP contribution in [0.4, 0.5) is 10.8 Å². The number of benzene rings is 2. The number of hydrogen-bond donors (Lipinski definition) is 0. The molecule has 0 amide bonds. The van der Waals surface area contributed by atoms with Gasteiger partial charge in [-0.05, 0) is 18.2 Å². The van der Waals surface area contributed by atoms with Gasteiger partial charge in [-0.25, -0.2) is 4.98 Å². The van der Waals surface area contributed by atoms with Gasteiger partial charge in [0.1, 0.15) is 17.0 Å². The van der Waals surface area contributed by atoms with Crippen molar-refractivity contribution in [1.82, 2.24) is 4.98 Å². The molecule has 6 heteroatoms. The Balaban J connectivity index is 1.55. The molecule has 0 aliphatic carbocycles. The van der Waals surface area contributed by atoms with Crippen LogP contribution in [0.1, 0.15) is 0 Å². The molecule has 25 heavy (non-hydrogen) atoms. The average molecular weight is 355 g/mol. The molecule has 0 spiro atoms. The summed E-state index contributed by atoms with van der Waals surface area (Å²) in [7, 11) is 3.34. The van der Waals surface area contributed by atoms with Crippen LogP contribution in [0.3, 0.4) is 0 Å². The van der Waals surface area contributed by atoms with Crippen molar-refractivity contribution >= 4 is 32.4 Å². The lowest BCUT2D eigenvalue weighted by Crippen LogP contribution is -2.46. The Hall–Kier alpha value is -2.47. The Labute approximate surface area is 151 Å². The van der Waals surface area contributed by atoms with Gasteiger partial charge in [-0.3, -0.25) is 0 Å². The number of ether oxygens (including phenoxy) is 2. The highest BCUT2D eigenvalue weighted by molar-refractivity contribution is 7.22. The van der Waals surface area contributed by atoms with Crippen molar-refractivity contribution in [1.29, 1.82) is 0 Å². The average Bonchev–Trinajstić information content (AvgIpc) is 3.12. The van der Waals surface area contributed by atoms with E-state index in [2.05, 4.69) is 40.1 Å². The summed E-state index contributed by atoms with van der Waals surface area (Å²) in [6.07, 6.45) is 0. The molecule has 0 unspecified atom stereocenters. The minimum atomic E-state index is 0.764. The zero-order valence-electron chi connectivity index (χ0n) is 14.4. The SMILES string of the molecule is COc1cc(OC)c2nc(N3CCN(c4ccccc4)CC3)sc2c1. The van der Waals surface area contributed by atoms with Crippen molar-refractivity contribution in [3.8, 4) is 11.5 Å². The van der Waals surface area contributed by atoms with Gasteiger partial charge < -0.3 is 19.3 Å². The number of anilines is 2. The number of rotatable bonds is 4. The van der Waals surface area contributed by atoms with Gasteiger partial charge >= 0.3 is 0 Å². The van der Waals surface area contributed by atoms with Gasteiger partial charge in [-0.2, -0.15) is 0 Å². The van der Waals surface area contributed by atoms with Crippen LogP contribution in [0.2, 0.25) is 0 Å². The van der Waals surface area contributed by atoms with E-state index in [1.807, 2.05) is 12.1 Å². The number of para-hydroxylation sites is 1. The van der Waals surface area contributed by atoms with E-state index in [9.17, 15) is 0 Å². The van der Waals surface area contributed by atoms with Gasteiger partial charge in [-0.1, -0.05) is 29.5 Å². The van der Waals surface area contributed by atoms with Crippen LogP contribution in [0, 0.1) is 0 Å². The lowest BCUT2D eigenvalue weighted by Gasteiger charge is -2.35. The maximum atomic E-state index is 5.48. The quantitative estimate of drug-likeness (QED) is 0.714. The second-order valence-electron chi connectivity index (χ2n) is 5.98. The fraction of sp³-hybridized carbons (Fsp3) is 0.316. The third kappa shape index (κ3) is 3.09. The largest absolute Gasteiger partial charge is 0.497 e. The molecule has 1 fully saturated rings. The Bertz CT molecular complexity index is 858. The predicted molar refractivity (Wildman–Crippen MR) is 104 cm³/mol. The molecule has 4 rings (SSSR count). The van der Waals surface area contributed by atoms with Crippen LogP contribution >= 0.6 is 11.3 Å². The first kappa shape index (κ1) is 16.0. The summed E-state index contributed by atoms with van der Waals surface area (Å²) in [6, 6.07) is 14.5. The second-order valence-corrected chi connectivity index (χ2v) is 6.99. The zero-order chi connectivity index (χ0) is 17.2. The van der Waals surface area contributed by atoms with Crippen molar-refractivity contribution in [3.05, 3.63) is 42.5 Å². The topological polar surface area (TPSA) is 37.8 Å². The van der Waals surface area contributed by atoms with Crippen molar-refractivity contribution in [3.63, 3.8) is 0 Å². The molecule has 2 aromatic carbocycles. The minimum absolute atomic E-state index is 0.764. The first-order valence-corrected chi connectivity index (χ1v) is 9.17. The maximum absolute atomic E-state index is 5.48. The number of methoxy groups -OCH3 is 2. The van der Waals surface area contributed by atoms with Crippen LogP contribution in [0.15, 0.2) is 42.5 Å². The summed E-state index contributed by atoms with van der Waals surface area (Å²) in [5.74, 6) is 1.56. The van der Waals surface area contributed by atoms with E-state index in [1.165, 1.54) is 5.69 Å². The van der Waals surface area contributed by atoms with E-state index in [4.69, 9.17) is 14.5 Å². The van der Waals surface area contributed by atoms with Crippen molar-refractivity contribution in [2.45, 2.75) is 0 Å². The van der Waals surface area contributed by atoms with Gasteiger partial charge in [0.05, 0.1) is 18.9 Å². The number of thiazole rings is 1. The summed E-state index contributed by atoms with van der Waals surface area (Å²) in [5.41, 5.74) is 2.20. The zero-order valence-corrected chi connectivity index (χ0v) is 15.3. The predicted octanol–water partition coefficient (Wildman–Crippen LogP) is 3.64. The highest BCUT2D eigenvalue weighted by Crippen LogP contribution is 2.37. The molecule has 1 aliphatic rings. The van der Waals surface area contributed by atoms with Gasteiger partial charge in [0.2, 0.25) is 0 Å². The smallest absolute Gasteiger partial charge is 0.186 e. The first-order valence-electron chi connectivity index (χ1n) is 8.36. The molecule has 1 aliphatic heterocycles. The van der Waals surface area contributed by atoms with Crippen LogP contribution in [-0.4, -0.2) is 45.4 Å². The van der Waals surface area contributed by atoms with E-state index in [1.54, 1.807) is 25.6 Å². The summed E-state index contributed by atoms with van der Waals surface area (Å²) in [6.45, 7) is 3.93. The highest BCUT2D eigenvalue weighted by atomic mass is 32.1. The Morgan fingerprint density at radius 2 is 1.64 bits per heavy atom. The molecule has 0 atom stereocenters. The summed E-state index contributed by atoms with van der Waals surface area (Å²) >= 11 is 1.70. The molecule has 0 radical (unpaired) electrons. The number of aromatic nitrogens is 1. The number of hydrogen-bond acceptors (Lipinski definition) is 6. The Kier molecular flexibility index (Phi) is 4.36. The summed E-state index contributed by atoms with van der Waals surface area (Å²) < 4.78 is 11.9. The second kappa shape index (κ2) is 6.80. The lowest BCUT2D eigenvalue weighted by atomic mass is 10.2. The van der Waals surface area contributed by atoms with Crippen LogP contribution in [0.5, 0.6) is 11.5 Å². The Morgan fingerprint density at radius 3 is 2.32 bits per heavy atom. The first-order chi connectivity index (χ1) is 12.3. The van der Waals surface area contributed by atoms with E-state index < -0.39 is 0 Å². The molecule has 1 aromatic heterocycles. The molecule has 5 nitrogen and oxygen atoms in total. The van der Waals surface area contributed by atoms with Crippen LogP contribution in [0.25, 0.3) is 10.2 Å². The third-order valence-corrected chi connectivity index (χ3v) is 5.61. The molecule has 130 valence electrons. The normalized spacial score (nSPS) is 14.8. The number of piperazine rings is 1. The monoisotopic (exact) mass is 355 g/mol. The molecule has 0 saturated carbocycles. The Morgan fingerprint density at radius 1 is 0.920 bits per heavy atom. The summed E-state index contributed by atoms with van der Waals surface area (Å²) in [5, 5.41) is 1.05. The number of fused-ring (bicyclic) bond motifs is 1. The molecule has 0 bridgehead atoms. The maximum Gasteiger partial charge on any atom is 0.186 e. The van der Waals surface area contributed by atoms with Crippen molar-refractivity contribution in [2.75, 3.05) is 50.2 Å². The fourth-order valence-corrected chi connectivity index (χ4v) is 4.23. The number of nitrogens with zero attached hydrogens (tertiary/aromatic N) is 3. The molecule has 3 aromatic rings.